The van der Waals surface area contributed by atoms with Crippen LogP contribution in [0, 0.1) is 0 Å². The van der Waals surface area contributed by atoms with E-state index in [9.17, 15) is 20.1 Å². The summed E-state index contributed by atoms with van der Waals surface area (Å²) in [6, 6.07) is 0. The largest absolute Gasteiger partial charge is 0.396 e. The molecule has 2 saturated heterocycles. The first-order valence-corrected chi connectivity index (χ1v) is 6.63. The molecule has 2 fully saturated rings. The van der Waals surface area contributed by atoms with Crippen LogP contribution in [0.4, 0.5) is 0 Å². The van der Waals surface area contributed by atoms with Gasteiger partial charge in [-0.2, -0.15) is 5.48 Å². The highest BCUT2D eigenvalue weighted by atomic mass is 16.6. The molecule has 0 radical (unpaired) electrons. The first-order valence-electron chi connectivity index (χ1n) is 6.63. The van der Waals surface area contributed by atoms with Crippen molar-refractivity contribution >= 4 is 11.9 Å². The molecule has 1 unspecified atom stereocenters. The normalized spacial score (nSPS) is 37.5. The van der Waals surface area contributed by atoms with Crippen LogP contribution in [-0.2, 0) is 19.2 Å². The van der Waals surface area contributed by atoms with Crippen LogP contribution in [0.5, 0.6) is 0 Å². The molecule has 22 heavy (non-hydrogen) atoms. The summed E-state index contributed by atoms with van der Waals surface area (Å²) in [5.74, 6) is -0.350. The molecule has 1 amide bonds. The first kappa shape index (κ1) is 16.9. The molecule has 0 aromatic heterocycles. The Morgan fingerprint density at radius 2 is 2.18 bits per heavy atom. The fourth-order valence-corrected chi connectivity index (χ4v) is 2.46. The van der Waals surface area contributed by atoms with E-state index in [2.05, 4.69) is 20.8 Å². The third-order valence-electron chi connectivity index (χ3n) is 3.43. The molecule has 0 aromatic rings. The molecule has 5 N–H and O–H groups in total. The smallest absolute Gasteiger partial charge is 0.246 e. The van der Waals surface area contributed by atoms with E-state index in [4.69, 9.17) is 9.57 Å². The third-order valence-corrected chi connectivity index (χ3v) is 3.43. The van der Waals surface area contributed by atoms with Crippen molar-refractivity contribution in [2.45, 2.75) is 37.1 Å². The second-order valence-electron chi connectivity index (χ2n) is 4.82. The highest BCUT2D eigenvalue weighted by molar-refractivity contribution is 5.99. The van der Waals surface area contributed by atoms with E-state index >= 15 is 0 Å². The van der Waals surface area contributed by atoms with E-state index in [-0.39, 0.29) is 18.3 Å². The average Bonchev–Trinajstić information content (AvgIpc) is 2.76. The summed E-state index contributed by atoms with van der Waals surface area (Å²) in [6.07, 6.45) is -5.34. The van der Waals surface area contributed by atoms with Crippen LogP contribution < -0.4 is 10.8 Å². The van der Waals surface area contributed by atoms with Crippen molar-refractivity contribution in [2.24, 2.45) is 5.16 Å². The van der Waals surface area contributed by atoms with Gasteiger partial charge in [0.15, 0.2) is 6.23 Å². The number of aliphatic hydroxyl groups is 3. The Balaban J connectivity index is 2.29. The summed E-state index contributed by atoms with van der Waals surface area (Å²) in [4.78, 5) is 22.6. The van der Waals surface area contributed by atoms with Crippen LogP contribution in [0.2, 0.25) is 0 Å². The van der Waals surface area contributed by atoms with Crippen molar-refractivity contribution in [2.75, 3.05) is 20.8 Å². The lowest BCUT2D eigenvalue weighted by Crippen LogP contribution is -2.65. The first-order chi connectivity index (χ1) is 10.5. The van der Waals surface area contributed by atoms with Gasteiger partial charge in [0.25, 0.3) is 0 Å². The van der Waals surface area contributed by atoms with Crippen LogP contribution in [0.15, 0.2) is 5.16 Å². The number of nitrogens with zero attached hydrogens (tertiary/aromatic N) is 2. The number of aliphatic hydroxyl groups excluding tert-OH is 3. The maximum Gasteiger partial charge on any atom is 0.246 e. The van der Waals surface area contributed by atoms with E-state index in [0.29, 0.717) is 0 Å². The van der Waals surface area contributed by atoms with E-state index in [1.165, 1.54) is 19.1 Å². The molecule has 2 aliphatic rings. The molecule has 126 valence electrons. The molecule has 0 saturated carbocycles. The fraction of sp³-hybridized carbons (Fsp3) is 0.818. The number of nitrogens with one attached hydrogen (secondary N) is 2. The molecule has 11 nitrogen and oxygen atoms in total. The highest BCUT2D eigenvalue weighted by Crippen LogP contribution is 2.27. The standard InChI is InChI=1S/C11H20N4O7/c1-20-13-6-3-7(17)12-11(14-21-2)15(6)10-9(19)8(18)5(4-16)22-10/h5-6,8-10,13,16,18-19H,3-4H2,1-2H3,(H,12,14,17)/t5-,6?,8-,9-,10-/m1/s1. The number of hydrogen-bond donors (Lipinski definition) is 5. The molecule has 0 bridgehead atoms. The number of oxime groups is 1. The van der Waals surface area contributed by atoms with E-state index < -0.39 is 37.3 Å². The number of carbonyl (C=O) groups excluding carboxylic acids is 1. The number of ether oxygens (including phenoxy) is 1. The number of hydrogen-bond acceptors (Lipinski definition) is 9. The minimum Gasteiger partial charge on any atom is -0.396 e. The van der Waals surface area contributed by atoms with Crippen LogP contribution in [0.25, 0.3) is 0 Å². The van der Waals surface area contributed by atoms with Gasteiger partial charge in [-0.25, -0.2) is 0 Å². The Hall–Kier alpha value is -1.50. The van der Waals surface area contributed by atoms with Gasteiger partial charge in [-0.15, -0.1) is 0 Å². The zero-order valence-electron chi connectivity index (χ0n) is 12.2. The Kier molecular flexibility index (Phi) is 5.50. The minimum absolute atomic E-state index is 0.0109. The van der Waals surface area contributed by atoms with Gasteiger partial charge >= 0.3 is 0 Å². The SMILES string of the molecule is CON=C1NC(=O)CC(NOC)N1[C@@H]1O[C@H](CO)[C@@H](O)[C@H]1O. The number of amides is 1. The van der Waals surface area contributed by atoms with Crippen LogP contribution in [-0.4, -0.2) is 83.6 Å². The number of rotatable bonds is 5. The second-order valence-corrected chi connectivity index (χ2v) is 4.82. The molecule has 0 aliphatic carbocycles. The lowest BCUT2D eigenvalue weighted by Gasteiger charge is -2.40. The van der Waals surface area contributed by atoms with Crippen molar-refractivity contribution in [3.8, 4) is 0 Å². The lowest BCUT2D eigenvalue weighted by molar-refractivity contribution is -0.137. The van der Waals surface area contributed by atoms with E-state index in [1.54, 1.807) is 0 Å². The molecular formula is C11H20N4O7. The third kappa shape index (κ3) is 3.14. The molecule has 0 aromatic carbocycles. The van der Waals surface area contributed by atoms with Gasteiger partial charge in [0, 0.05) is 0 Å². The van der Waals surface area contributed by atoms with Crippen molar-refractivity contribution in [1.82, 2.24) is 15.7 Å². The molecule has 11 heteroatoms. The van der Waals surface area contributed by atoms with Gasteiger partial charge in [0.05, 0.1) is 20.1 Å². The van der Waals surface area contributed by atoms with Gasteiger partial charge in [-0.05, 0) is 5.16 Å². The van der Waals surface area contributed by atoms with Gasteiger partial charge in [0.1, 0.15) is 31.6 Å². The highest BCUT2D eigenvalue weighted by Gasteiger charge is 2.49. The van der Waals surface area contributed by atoms with Gasteiger partial charge in [-0.1, -0.05) is 0 Å². The number of carbonyl (C=O) groups is 1. The van der Waals surface area contributed by atoms with E-state index in [0.717, 1.165) is 0 Å². The zero-order chi connectivity index (χ0) is 16.3. The van der Waals surface area contributed by atoms with Gasteiger partial charge in [0.2, 0.25) is 11.9 Å². The minimum atomic E-state index is -1.32. The van der Waals surface area contributed by atoms with Crippen molar-refractivity contribution < 1.29 is 34.5 Å². The molecule has 2 heterocycles. The Morgan fingerprint density at radius 3 is 2.73 bits per heavy atom. The Bertz CT molecular complexity index is 435. The second kappa shape index (κ2) is 7.17. The summed E-state index contributed by atoms with van der Waals surface area (Å²) in [7, 11) is 2.66. The summed E-state index contributed by atoms with van der Waals surface area (Å²) in [5.41, 5.74) is 2.59. The van der Waals surface area contributed by atoms with Gasteiger partial charge < -0.3 is 29.7 Å². The predicted octanol–water partition coefficient (Wildman–Crippen LogP) is -3.36. The fourth-order valence-electron chi connectivity index (χ4n) is 2.46. The molecule has 5 atom stereocenters. The maximum atomic E-state index is 11.7. The topological polar surface area (TPSA) is 145 Å². The summed E-state index contributed by atoms with van der Waals surface area (Å²) in [5, 5.41) is 35.4. The van der Waals surface area contributed by atoms with Crippen LogP contribution >= 0.6 is 0 Å². The Labute approximate surface area is 126 Å². The van der Waals surface area contributed by atoms with Crippen molar-refractivity contribution in [3.05, 3.63) is 0 Å². The molecule has 2 rings (SSSR count). The van der Waals surface area contributed by atoms with Crippen LogP contribution in [0.1, 0.15) is 6.42 Å². The lowest BCUT2D eigenvalue weighted by atomic mass is 10.1. The maximum absolute atomic E-state index is 11.7. The van der Waals surface area contributed by atoms with E-state index in [1.807, 2.05) is 0 Å². The molecule has 2 aliphatic heterocycles. The molecular weight excluding hydrogens is 300 g/mol. The monoisotopic (exact) mass is 320 g/mol. The quantitative estimate of drug-likeness (QED) is 0.328. The molecule has 0 spiro atoms. The Morgan fingerprint density at radius 1 is 1.45 bits per heavy atom. The van der Waals surface area contributed by atoms with Crippen molar-refractivity contribution in [3.63, 3.8) is 0 Å². The predicted molar refractivity (Wildman–Crippen MR) is 70.7 cm³/mol. The number of guanidine groups is 1. The average molecular weight is 320 g/mol. The van der Waals surface area contributed by atoms with Crippen molar-refractivity contribution in [1.29, 1.82) is 0 Å². The zero-order valence-corrected chi connectivity index (χ0v) is 12.2. The summed E-state index contributed by atoms with van der Waals surface area (Å²) < 4.78 is 5.46. The summed E-state index contributed by atoms with van der Waals surface area (Å²) >= 11 is 0. The van der Waals surface area contributed by atoms with Gasteiger partial charge in [-0.3, -0.25) is 15.0 Å². The number of hydroxylamine groups is 1. The van der Waals surface area contributed by atoms with Crippen LogP contribution in [0.3, 0.4) is 0 Å². The summed E-state index contributed by atoms with van der Waals surface area (Å²) in [6.45, 7) is -0.464.